The van der Waals surface area contributed by atoms with Crippen LogP contribution in [0.1, 0.15) is 12.6 Å². The van der Waals surface area contributed by atoms with E-state index in [0.717, 1.165) is 17.8 Å². The molecule has 0 saturated heterocycles. The molecule has 0 saturated carbocycles. The second kappa shape index (κ2) is 3.73. The van der Waals surface area contributed by atoms with Crippen molar-refractivity contribution < 1.29 is 4.39 Å². The normalized spacial score (nSPS) is 10.5. The SMILES string of the molecule is CCc1c(N)cnn1-c1ccc(F)cc1. The number of benzene rings is 1. The maximum Gasteiger partial charge on any atom is 0.123 e. The van der Waals surface area contributed by atoms with Crippen molar-refractivity contribution in [3.05, 3.63) is 42.0 Å². The highest BCUT2D eigenvalue weighted by atomic mass is 19.1. The standard InChI is InChI=1S/C11H12FN3/c1-2-11-10(13)7-14-15(11)9-5-3-8(12)4-6-9/h3-7H,2,13H2,1H3. The third kappa shape index (κ3) is 1.70. The Morgan fingerprint density at radius 2 is 2.00 bits per heavy atom. The molecule has 0 atom stereocenters. The lowest BCUT2D eigenvalue weighted by atomic mass is 10.2. The number of hydrogen-bond acceptors (Lipinski definition) is 2. The lowest BCUT2D eigenvalue weighted by Crippen LogP contribution is -2.02. The van der Waals surface area contributed by atoms with Gasteiger partial charge >= 0.3 is 0 Å². The Labute approximate surface area is 87.3 Å². The third-order valence-corrected chi connectivity index (χ3v) is 2.31. The van der Waals surface area contributed by atoms with Gasteiger partial charge in [0.2, 0.25) is 0 Å². The molecule has 0 amide bonds. The zero-order valence-electron chi connectivity index (χ0n) is 8.44. The minimum atomic E-state index is -0.253. The van der Waals surface area contributed by atoms with Gasteiger partial charge in [-0.2, -0.15) is 5.10 Å². The minimum absolute atomic E-state index is 0.253. The Morgan fingerprint density at radius 1 is 1.33 bits per heavy atom. The zero-order chi connectivity index (χ0) is 10.8. The predicted octanol–water partition coefficient (Wildman–Crippen LogP) is 2.16. The van der Waals surface area contributed by atoms with E-state index >= 15 is 0 Å². The maximum atomic E-state index is 12.7. The molecule has 0 radical (unpaired) electrons. The van der Waals surface area contributed by atoms with Gasteiger partial charge < -0.3 is 5.73 Å². The Bertz CT molecular complexity index is 459. The smallest absolute Gasteiger partial charge is 0.123 e. The van der Waals surface area contributed by atoms with Crippen LogP contribution < -0.4 is 5.73 Å². The molecule has 2 aromatic rings. The van der Waals surface area contributed by atoms with E-state index in [1.807, 2.05) is 6.92 Å². The molecule has 0 spiro atoms. The molecule has 2 N–H and O–H groups in total. The molecule has 1 aromatic carbocycles. The van der Waals surface area contributed by atoms with Crippen LogP contribution in [0.3, 0.4) is 0 Å². The van der Waals surface area contributed by atoms with Crippen LogP contribution in [-0.4, -0.2) is 9.78 Å². The molecule has 2 rings (SSSR count). The van der Waals surface area contributed by atoms with E-state index < -0.39 is 0 Å². The first-order valence-electron chi connectivity index (χ1n) is 4.80. The van der Waals surface area contributed by atoms with Crippen LogP contribution in [0, 0.1) is 5.82 Å². The van der Waals surface area contributed by atoms with Crippen LogP contribution in [0.2, 0.25) is 0 Å². The lowest BCUT2D eigenvalue weighted by molar-refractivity contribution is 0.626. The van der Waals surface area contributed by atoms with Crippen molar-refractivity contribution in [1.82, 2.24) is 9.78 Å². The van der Waals surface area contributed by atoms with Gasteiger partial charge in [0.25, 0.3) is 0 Å². The number of rotatable bonds is 2. The maximum absolute atomic E-state index is 12.7. The highest BCUT2D eigenvalue weighted by molar-refractivity contribution is 5.46. The topological polar surface area (TPSA) is 43.8 Å². The van der Waals surface area contributed by atoms with Crippen molar-refractivity contribution in [2.45, 2.75) is 13.3 Å². The third-order valence-electron chi connectivity index (χ3n) is 2.31. The lowest BCUT2D eigenvalue weighted by Gasteiger charge is -2.05. The first-order chi connectivity index (χ1) is 7.22. The summed E-state index contributed by atoms with van der Waals surface area (Å²) in [6, 6.07) is 6.18. The zero-order valence-corrected chi connectivity index (χ0v) is 8.44. The molecule has 3 nitrogen and oxygen atoms in total. The fourth-order valence-electron chi connectivity index (χ4n) is 1.55. The summed E-state index contributed by atoms with van der Waals surface area (Å²) in [5.41, 5.74) is 8.20. The quantitative estimate of drug-likeness (QED) is 0.816. The molecule has 0 bridgehead atoms. The molecular weight excluding hydrogens is 193 g/mol. The van der Waals surface area contributed by atoms with E-state index in [0.29, 0.717) is 5.69 Å². The van der Waals surface area contributed by atoms with E-state index in [1.54, 1.807) is 23.0 Å². The number of hydrogen-bond donors (Lipinski definition) is 1. The van der Waals surface area contributed by atoms with Crippen molar-refractivity contribution in [3.63, 3.8) is 0 Å². The van der Waals surface area contributed by atoms with Gasteiger partial charge in [-0.15, -0.1) is 0 Å². The van der Waals surface area contributed by atoms with Gasteiger partial charge in [0.15, 0.2) is 0 Å². The summed E-state index contributed by atoms with van der Waals surface area (Å²) in [5, 5.41) is 4.16. The highest BCUT2D eigenvalue weighted by Gasteiger charge is 2.07. The predicted molar refractivity (Wildman–Crippen MR) is 57.3 cm³/mol. The van der Waals surface area contributed by atoms with Gasteiger partial charge in [0, 0.05) is 0 Å². The second-order valence-electron chi connectivity index (χ2n) is 3.29. The first kappa shape index (κ1) is 9.71. The molecule has 4 heteroatoms. The van der Waals surface area contributed by atoms with Gasteiger partial charge in [0.05, 0.1) is 23.3 Å². The number of nitrogens with two attached hydrogens (primary N) is 1. The summed E-state index contributed by atoms with van der Waals surface area (Å²) < 4.78 is 14.5. The Balaban J connectivity index is 2.49. The van der Waals surface area contributed by atoms with E-state index in [1.165, 1.54) is 12.1 Å². The van der Waals surface area contributed by atoms with Crippen LogP contribution in [0.25, 0.3) is 5.69 Å². The Morgan fingerprint density at radius 3 is 2.60 bits per heavy atom. The van der Waals surface area contributed by atoms with Crippen molar-refractivity contribution in [2.75, 3.05) is 5.73 Å². The largest absolute Gasteiger partial charge is 0.396 e. The Hall–Kier alpha value is -1.84. The van der Waals surface area contributed by atoms with Crippen molar-refractivity contribution >= 4 is 5.69 Å². The van der Waals surface area contributed by atoms with Crippen molar-refractivity contribution in [1.29, 1.82) is 0 Å². The Kier molecular flexibility index (Phi) is 2.41. The summed E-state index contributed by atoms with van der Waals surface area (Å²) in [5.74, 6) is -0.253. The molecule has 0 fully saturated rings. The van der Waals surface area contributed by atoms with Crippen LogP contribution in [0.4, 0.5) is 10.1 Å². The van der Waals surface area contributed by atoms with Gasteiger partial charge in [-0.05, 0) is 30.7 Å². The van der Waals surface area contributed by atoms with Crippen molar-refractivity contribution in [2.24, 2.45) is 0 Å². The monoisotopic (exact) mass is 205 g/mol. The molecular formula is C11H12FN3. The van der Waals surface area contributed by atoms with Crippen LogP contribution >= 0.6 is 0 Å². The summed E-state index contributed by atoms with van der Waals surface area (Å²) in [6.45, 7) is 2.01. The molecule has 15 heavy (non-hydrogen) atoms. The molecule has 0 aliphatic rings. The fourth-order valence-corrected chi connectivity index (χ4v) is 1.55. The minimum Gasteiger partial charge on any atom is -0.396 e. The van der Waals surface area contributed by atoms with Gasteiger partial charge in [-0.3, -0.25) is 0 Å². The number of halogens is 1. The van der Waals surface area contributed by atoms with Gasteiger partial charge in [-0.25, -0.2) is 9.07 Å². The number of nitrogens with zero attached hydrogens (tertiary/aromatic N) is 2. The molecule has 78 valence electrons. The van der Waals surface area contributed by atoms with E-state index in [4.69, 9.17) is 5.73 Å². The first-order valence-corrected chi connectivity index (χ1v) is 4.80. The van der Waals surface area contributed by atoms with Crippen LogP contribution in [0.5, 0.6) is 0 Å². The summed E-state index contributed by atoms with van der Waals surface area (Å²) in [6.07, 6.45) is 2.41. The fraction of sp³-hybridized carbons (Fsp3) is 0.182. The number of anilines is 1. The van der Waals surface area contributed by atoms with E-state index in [9.17, 15) is 4.39 Å². The summed E-state index contributed by atoms with van der Waals surface area (Å²) >= 11 is 0. The van der Waals surface area contributed by atoms with Crippen LogP contribution in [-0.2, 0) is 6.42 Å². The summed E-state index contributed by atoms with van der Waals surface area (Å²) in [7, 11) is 0. The van der Waals surface area contributed by atoms with E-state index in [-0.39, 0.29) is 5.82 Å². The van der Waals surface area contributed by atoms with Gasteiger partial charge in [0.1, 0.15) is 5.82 Å². The molecule has 1 aromatic heterocycles. The number of nitrogen functional groups attached to an aromatic ring is 1. The number of aromatic nitrogens is 2. The second-order valence-corrected chi connectivity index (χ2v) is 3.29. The van der Waals surface area contributed by atoms with Crippen LogP contribution in [0.15, 0.2) is 30.5 Å². The van der Waals surface area contributed by atoms with Crippen molar-refractivity contribution in [3.8, 4) is 5.69 Å². The molecule has 0 aliphatic carbocycles. The average Bonchev–Trinajstić information content (AvgIpc) is 2.61. The molecule has 0 unspecified atom stereocenters. The van der Waals surface area contributed by atoms with Gasteiger partial charge in [-0.1, -0.05) is 6.92 Å². The highest BCUT2D eigenvalue weighted by Crippen LogP contribution is 2.17. The molecule has 1 heterocycles. The summed E-state index contributed by atoms with van der Waals surface area (Å²) in [4.78, 5) is 0. The molecule has 0 aliphatic heterocycles. The van der Waals surface area contributed by atoms with E-state index in [2.05, 4.69) is 5.10 Å². The average molecular weight is 205 g/mol.